The maximum atomic E-state index is 13.9. The molecule has 1 saturated heterocycles. The quantitative estimate of drug-likeness (QED) is 0.269. The molecule has 3 nitrogen and oxygen atoms in total. The minimum atomic E-state index is -0.359. The van der Waals surface area contributed by atoms with E-state index in [1.807, 2.05) is 18.2 Å². The Morgan fingerprint density at radius 1 is 1.05 bits per heavy atom. The van der Waals surface area contributed by atoms with Crippen molar-refractivity contribution in [3.63, 3.8) is 0 Å². The van der Waals surface area contributed by atoms with E-state index in [1.54, 1.807) is 6.07 Å². The first kappa shape index (κ1) is 27.5. The van der Waals surface area contributed by atoms with Gasteiger partial charge >= 0.3 is 5.97 Å². The van der Waals surface area contributed by atoms with Crippen LogP contribution in [0.3, 0.4) is 0 Å². The van der Waals surface area contributed by atoms with Crippen LogP contribution in [0.1, 0.15) is 63.9 Å². The summed E-state index contributed by atoms with van der Waals surface area (Å²) in [7, 11) is 1.39. The van der Waals surface area contributed by atoms with Gasteiger partial charge in [-0.1, -0.05) is 48.0 Å². The van der Waals surface area contributed by atoms with Crippen LogP contribution in [-0.4, -0.2) is 44.3 Å². The van der Waals surface area contributed by atoms with Crippen molar-refractivity contribution in [1.29, 1.82) is 0 Å². The molecule has 1 fully saturated rings. The number of halogens is 3. The predicted molar refractivity (Wildman–Crippen MR) is 153 cm³/mol. The monoisotopic (exact) mass is 549 g/mol. The van der Waals surface area contributed by atoms with E-state index in [0.717, 1.165) is 85.1 Å². The lowest BCUT2D eigenvalue weighted by molar-refractivity contribution is 0.0600. The lowest BCUT2D eigenvalue weighted by Crippen LogP contribution is -2.22. The number of aryl methyl sites for hydroxylation is 1. The second kappa shape index (κ2) is 12.4. The number of carbonyl (C=O) groups excluding carboxylic acids is 1. The van der Waals surface area contributed by atoms with Crippen molar-refractivity contribution in [2.45, 2.75) is 38.5 Å². The molecule has 39 heavy (non-hydrogen) atoms. The van der Waals surface area contributed by atoms with E-state index in [2.05, 4.69) is 29.2 Å². The van der Waals surface area contributed by atoms with Crippen LogP contribution in [-0.2, 0) is 17.6 Å². The maximum Gasteiger partial charge on any atom is 0.337 e. The van der Waals surface area contributed by atoms with Gasteiger partial charge in [-0.25, -0.2) is 9.18 Å². The third-order valence-corrected chi connectivity index (χ3v) is 8.28. The first-order chi connectivity index (χ1) is 19.0. The molecule has 0 saturated carbocycles. The first-order valence-electron chi connectivity index (χ1n) is 13.7. The number of hydrogen-bond acceptors (Lipinski definition) is 3. The molecule has 0 bridgehead atoms. The number of hydrogen-bond donors (Lipinski definition) is 0. The molecule has 5 rings (SSSR count). The summed E-state index contributed by atoms with van der Waals surface area (Å²) in [6, 6.07) is 19.1. The molecule has 0 amide bonds. The number of allylic oxidation sites excluding steroid dienone is 1. The highest BCUT2D eigenvalue weighted by Crippen LogP contribution is 2.42. The van der Waals surface area contributed by atoms with Gasteiger partial charge in [0.05, 0.1) is 24.4 Å². The average molecular weight is 550 g/mol. The second-order valence-electron chi connectivity index (χ2n) is 10.6. The Kier molecular flexibility index (Phi) is 8.79. The van der Waals surface area contributed by atoms with Crippen molar-refractivity contribution in [1.82, 2.24) is 4.90 Å². The molecule has 0 spiro atoms. The van der Waals surface area contributed by atoms with Gasteiger partial charge in [0.2, 0.25) is 0 Å². The van der Waals surface area contributed by atoms with Gasteiger partial charge in [-0.3, -0.25) is 4.39 Å². The summed E-state index contributed by atoms with van der Waals surface area (Å²) in [6.07, 6.45) is 5.22. The van der Waals surface area contributed by atoms with Gasteiger partial charge in [0.15, 0.2) is 0 Å². The molecular formula is C33H34ClF2NO2. The minimum Gasteiger partial charge on any atom is -0.465 e. The van der Waals surface area contributed by atoms with E-state index in [-0.39, 0.29) is 18.5 Å². The number of rotatable bonds is 8. The van der Waals surface area contributed by atoms with Crippen molar-refractivity contribution in [2.24, 2.45) is 5.92 Å². The number of alkyl halides is 1. The molecule has 1 unspecified atom stereocenters. The van der Waals surface area contributed by atoms with Gasteiger partial charge in [-0.05, 0) is 114 Å². The lowest BCUT2D eigenvalue weighted by Gasteiger charge is -2.19. The van der Waals surface area contributed by atoms with E-state index >= 15 is 0 Å². The molecule has 0 aromatic heterocycles. The molecule has 3 aromatic carbocycles. The standard InChI is InChI=1S/C33H34ClF2NO2/c1-39-33(38)26-10-12-28-25(19-26)4-2-5-30(29-13-11-27(36)20-31(29)34)32(28)24-8-6-22(7-9-24)18-23-14-17-37(21-23)16-3-15-35/h6-13,19-20,23H,2-5,14-18,21H2,1H3. The van der Waals surface area contributed by atoms with Gasteiger partial charge in [-0.2, -0.15) is 0 Å². The van der Waals surface area contributed by atoms with Gasteiger partial charge in [0, 0.05) is 13.1 Å². The fourth-order valence-corrected chi connectivity index (χ4v) is 6.35. The number of ether oxygens (including phenoxy) is 1. The topological polar surface area (TPSA) is 29.5 Å². The number of benzene rings is 3. The highest BCUT2D eigenvalue weighted by molar-refractivity contribution is 6.32. The minimum absolute atomic E-state index is 0.253. The van der Waals surface area contributed by atoms with Crippen LogP contribution in [0.5, 0.6) is 0 Å². The van der Waals surface area contributed by atoms with Crippen LogP contribution in [0.2, 0.25) is 5.02 Å². The van der Waals surface area contributed by atoms with Crippen molar-refractivity contribution in [3.05, 3.63) is 105 Å². The summed E-state index contributed by atoms with van der Waals surface area (Å²) in [4.78, 5) is 14.6. The van der Waals surface area contributed by atoms with E-state index in [0.29, 0.717) is 22.9 Å². The lowest BCUT2D eigenvalue weighted by atomic mass is 9.86. The number of esters is 1. The van der Waals surface area contributed by atoms with E-state index in [4.69, 9.17) is 16.3 Å². The van der Waals surface area contributed by atoms with Gasteiger partial charge in [-0.15, -0.1) is 0 Å². The van der Waals surface area contributed by atoms with Crippen LogP contribution in [0, 0.1) is 11.7 Å². The molecule has 2 aliphatic rings. The second-order valence-corrected chi connectivity index (χ2v) is 11.0. The Morgan fingerprint density at radius 2 is 1.85 bits per heavy atom. The third-order valence-electron chi connectivity index (χ3n) is 7.97. The fraction of sp³-hybridized carbons (Fsp3) is 0.364. The summed E-state index contributed by atoms with van der Waals surface area (Å²) >= 11 is 6.59. The van der Waals surface area contributed by atoms with Crippen LogP contribution in [0.25, 0.3) is 11.1 Å². The van der Waals surface area contributed by atoms with Crippen molar-refractivity contribution in [3.8, 4) is 0 Å². The molecule has 1 atom stereocenters. The number of carbonyl (C=O) groups is 1. The normalized spacial score (nSPS) is 17.7. The molecule has 3 aromatic rings. The zero-order valence-corrected chi connectivity index (χ0v) is 23.1. The Labute approximate surface area is 234 Å². The van der Waals surface area contributed by atoms with E-state index < -0.39 is 0 Å². The molecule has 0 radical (unpaired) electrons. The largest absolute Gasteiger partial charge is 0.465 e. The zero-order valence-electron chi connectivity index (χ0n) is 22.3. The van der Waals surface area contributed by atoms with Crippen molar-refractivity contribution < 1.29 is 18.3 Å². The zero-order chi connectivity index (χ0) is 27.4. The van der Waals surface area contributed by atoms with Crippen molar-refractivity contribution in [2.75, 3.05) is 33.4 Å². The molecule has 0 N–H and O–H groups in total. The Bertz CT molecular complexity index is 1370. The molecule has 6 heteroatoms. The fourth-order valence-electron chi connectivity index (χ4n) is 6.07. The van der Waals surface area contributed by atoms with Crippen LogP contribution in [0.15, 0.2) is 60.7 Å². The SMILES string of the molecule is COC(=O)c1ccc2c(c1)CCCC(c1ccc(F)cc1Cl)=C2c1ccc(CC2CCN(CCCF)C2)cc1. The number of likely N-dealkylation sites (tertiary alicyclic amines) is 1. The predicted octanol–water partition coefficient (Wildman–Crippen LogP) is 7.79. The Hall–Kier alpha value is -3.02. The summed E-state index contributed by atoms with van der Waals surface area (Å²) in [5.41, 5.74) is 8.01. The van der Waals surface area contributed by atoms with Crippen LogP contribution < -0.4 is 0 Å². The summed E-state index contributed by atoms with van der Waals surface area (Å²) in [5, 5.41) is 0.396. The van der Waals surface area contributed by atoms with E-state index in [1.165, 1.54) is 24.8 Å². The van der Waals surface area contributed by atoms with Crippen LogP contribution in [0.4, 0.5) is 8.78 Å². The number of nitrogens with zero attached hydrogens (tertiary/aromatic N) is 1. The summed E-state index contributed by atoms with van der Waals surface area (Å²) in [5.74, 6) is -0.130. The Balaban J connectivity index is 1.51. The Morgan fingerprint density at radius 3 is 2.59 bits per heavy atom. The smallest absolute Gasteiger partial charge is 0.337 e. The number of fused-ring (bicyclic) bond motifs is 1. The number of methoxy groups -OCH3 is 1. The summed E-state index contributed by atoms with van der Waals surface area (Å²) < 4.78 is 31.5. The van der Waals surface area contributed by atoms with E-state index in [9.17, 15) is 13.6 Å². The van der Waals surface area contributed by atoms with Gasteiger partial charge in [0.1, 0.15) is 5.82 Å². The molecule has 204 valence electrons. The van der Waals surface area contributed by atoms with Gasteiger partial charge < -0.3 is 9.64 Å². The van der Waals surface area contributed by atoms with Crippen LogP contribution >= 0.6 is 11.6 Å². The molecular weight excluding hydrogens is 516 g/mol. The molecule has 1 aliphatic heterocycles. The maximum absolute atomic E-state index is 13.9. The average Bonchev–Trinajstić information content (AvgIpc) is 3.30. The van der Waals surface area contributed by atoms with Gasteiger partial charge in [0.25, 0.3) is 0 Å². The third kappa shape index (κ3) is 6.26. The highest BCUT2D eigenvalue weighted by Gasteiger charge is 2.24. The summed E-state index contributed by atoms with van der Waals surface area (Å²) in [6.45, 7) is 2.65. The molecule has 1 aliphatic carbocycles. The first-order valence-corrected chi connectivity index (χ1v) is 14.1. The van der Waals surface area contributed by atoms with Crippen molar-refractivity contribution >= 4 is 28.7 Å². The highest BCUT2D eigenvalue weighted by atomic mass is 35.5. The molecule has 1 heterocycles.